The molecule has 0 atom stereocenters. The van der Waals surface area contributed by atoms with E-state index >= 15 is 0 Å². The fraction of sp³-hybridized carbons (Fsp3) is 0.125. The van der Waals surface area contributed by atoms with Crippen LogP contribution in [0.25, 0.3) is 10.9 Å². The molecule has 1 aromatic heterocycles. The molecule has 2 aromatic carbocycles. The molecule has 0 radical (unpaired) electrons. The van der Waals surface area contributed by atoms with E-state index in [9.17, 15) is 4.79 Å². The van der Waals surface area contributed by atoms with Crippen molar-refractivity contribution >= 4 is 26.8 Å². The van der Waals surface area contributed by atoms with E-state index in [4.69, 9.17) is 5.11 Å². The molecule has 4 nitrogen and oxygen atoms in total. The molecule has 21 heavy (non-hydrogen) atoms. The molecule has 3 rings (SSSR count). The van der Waals surface area contributed by atoms with E-state index in [2.05, 4.69) is 20.9 Å². The molecule has 0 aliphatic rings. The van der Waals surface area contributed by atoms with E-state index in [0.29, 0.717) is 17.4 Å². The number of aromatic nitrogens is 2. The number of aliphatic hydroxyl groups excluding tert-OH is 1. The van der Waals surface area contributed by atoms with Gasteiger partial charge in [0.1, 0.15) is 0 Å². The molecule has 0 fully saturated rings. The quantitative estimate of drug-likeness (QED) is 0.794. The highest BCUT2D eigenvalue weighted by atomic mass is 79.9. The highest BCUT2D eigenvalue weighted by molar-refractivity contribution is 9.10. The molecular weight excluding hydrogens is 332 g/mol. The summed E-state index contributed by atoms with van der Waals surface area (Å²) >= 11 is 3.40. The number of hydrogen-bond acceptors (Lipinski definition) is 3. The average Bonchev–Trinajstić information content (AvgIpc) is 2.51. The minimum atomic E-state index is -0.0625. The Kier molecular flexibility index (Phi) is 3.86. The molecular formula is C16H13BrN2O2. The van der Waals surface area contributed by atoms with Crippen molar-refractivity contribution in [2.24, 2.45) is 0 Å². The first kappa shape index (κ1) is 14.0. The lowest BCUT2D eigenvalue weighted by Crippen LogP contribution is -2.21. The van der Waals surface area contributed by atoms with Gasteiger partial charge in [0.05, 0.1) is 30.4 Å². The van der Waals surface area contributed by atoms with Gasteiger partial charge in [-0.05, 0) is 39.2 Å². The summed E-state index contributed by atoms with van der Waals surface area (Å²) in [4.78, 5) is 16.8. The van der Waals surface area contributed by atoms with Crippen LogP contribution in [-0.2, 0) is 13.2 Å². The van der Waals surface area contributed by atoms with Crippen LogP contribution in [0.3, 0.4) is 0 Å². The summed E-state index contributed by atoms with van der Waals surface area (Å²) in [6, 6.07) is 13.0. The van der Waals surface area contributed by atoms with Crippen LogP contribution in [0.2, 0.25) is 0 Å². The van der Waals surface area contributed by atoms with Crippen LogP contribution in [0.4, 0.5) is 0 Å². The van der Waals surface area contributed by atoms with Crippen LogP contribution >= 0.6 is 15.9 Å². The van der Waals surface area contributed by atoms with Gasteiger partial charge in [-0.15, -0.1) is 0 Å². The summed E-state index contributed by atoms with van der Waals surface area (Å²) in [7, 11) is 0. The SMILES string of the molecule is O=c1c2cccc(Br)c2ncn1Cc1ccc(CO)cc1. The number of para-hydroxylation sites is 1. The third kappa shape index (κ3) is 2.75. The number of hydrogen-bond donors (Lipinski definition) is 1. The van der Waals surface area contributed by atoms with Crippen molar-refractivity contribution in [2.75, 3.05) is 0 Å². The van der Waals surface area contributed by atoms with E-state index in [-0.39, 0.29) is 12.2 Å². The fourth-order valence-electron chi connectivity index (χ4n) is 2.21. The Morgan fingerprint density at radius 2 is 1.81 bits per heavy atom. The number of rotatable bonds is 3. The van der Waals surface area contributed by atoms with Crippen molar-refractivity contribution in [1.29, 1.82) is 0 Å². The molecule has 0 unspecified atom stereocenters. The van der Waals surface area contributed by atoms with E-state index in [1.54, 1.807) is 17.0 Å². The highest BCUT2D eigenvalue weighted by Gasteiger charge is 2.06. The number of fused-ring (bicyclic) bond motifs is 1. The second-order valence-corrected chi connectivity index (χ2v) is 5.64. The summed E-state index contributed by atoms with van der Waals surface area (Å²) in [5.41, 5.74) is 2.46. The zero-order valence-electron chi connectivity index (χ0n) is 11.2. The monoisotopic (exact) mass is 344 g/mol. The molecule has 0 saturated carbocycles. The van der Waals surface area contributed by atoms with Gasteiger partial charge in [0.2, 0.25) is 0 Å². The molecule has 5 heteroatoms. The number of nitrogens with zero attached hydrogens (tertiary/aromatic N) is 2. The molecule has 1 N–H and O–H groups in total. The minimum absolute atomic E-state index is 0.0196. The zero-order chi connectivity index (χ0) is 14.8. The standard InChI is InChI=1S/C16H13BrN2O2/c17-14-3-1-2-13-15(14)18-10-19(16(13)21)8-11-4-6-12(9-20)7-5-11/h1-7,10,20H,8-9H2. The first-order valence-electron chi connectivity index (χ1n) is 6.51. The third-order valence-corrected chi connectivity index (χ3v) is 4.00. The summed E-state index contributed by atoms with van der Waals surface area (Å²) in [5.74, 6) is 0. The molecule has 1 heterocycles. The van der Waals surface area contributed by atoms with Gasteiger partial charge in [-0.3, -0.25) is 9.36 Å². The minimum Gasteiger partial charge on any atom is -0.392 e. The summed E-state index contributed by atoms with van der Waals surface area (Å²) in [5, 5.41) is 9.63. The van der Waals surface area contributed by atoms with Gasteiger partial charge < -0.3 is 5.11 Å². The lowest BCUT2D eigenvalue weighted by atomic mass is 10.1. The smallest absolute Gasteiger partial charge is 0.261 e. The molecule has 0 saturated heterocycles. The third-order valence-electron chi connectivity index (χ3n) is 3.36. The molecule has 3 aromatic rings. The van der Waals surface area contributed by atoms with Gasteiger partial charge >= 0.3 is 0 Å². The van der Waals surface area contributed by atoms with E-state index < -0.39 is 0 Å². The van der Waals surface area contributed by atoms with Crippen LogP contribution in [0.1, 0.15) is 11.1 Å². The molecule has 0 aliphatic heterocycles. The summed E-state index contributed by atoms with van der Waals surface area (Å²) in [6.07, 6.45) is 1.56. The van der Waals surface area contributed by atoms with Crippen LogP contribution in [0.15, 0.2) is 58.1 Å². The van der Waals surface area contributed by atoms with Gasteiger partial charge in [0.15, 0.2) is 0 Å². The maximum Gasteiger partial charge on any atom is 0.261 e. The first-order chi connectivity index (χ1) is 10.2. The Labute approximate surface area is 129 Å². The summed E-state index contributed by atoms with van der Waals surface area (Å²) in [6.45, 7) is 0.478. The average molecular weight is 345 g/mol. The Bertz CT molecular complexity index is 841. The van der Waals surface area contributed by atoms with Crippen LogP contribution < -0.4 is 5.56 Å². The van der Waals surface area contributed by atoms with Crippen molar-refractivity contribution in [3.8, 4) is 0 Å². The normalized spacial score (nSPS) is 11.0. The lowest BCUT2D eigenvalue weighted by Gasteiger charge is -2.08. The van der Waals surface area contributed by atoms with Gasteiger partial charge in [-0.25, -0.2) is 4.98 Å². The number of aliphatic hydroxyl groups is 1. The van der Waals surface area contributed by atoms with Crippen molar-refractivity contribution < 1.29 is 5.11 Å². The van der Waals surface area contributed by atoms with Gasteiger partial charge in [0, 0.05) is 4.47 Å². The van der Waals surface area contributed by atoms with Crippen LogP contribution in [0, 0.1) is 0 Å². The van der Waals surface area contributed by atoms with Crippen molar-refractivity contribution in [3.63, 3.8) is 0 Å². The second kappa shape index (κ2) is 5.79. The predicted octanol–water partition coefficient (Wildman–Crippen LogP) is 2.70. The molecule has 0 spiro atoms. The van der Waals surface area contributed by atoms with Crippen LogP contribution in [0.5, 0.6) is 0 Å². The van der Waals surface area contributed by atoms with E-state index in [1.165, 1.54) is 0 Å². The maximum absolute atomic E-state index is 12.5. The maximum atomic E-state index is 12.5. The predicted molar refractivity (Wildman–Crippen MR) is 85.2 cm³/mol. The first-order valence-corrected chi connectivity index (χ1v) is 7.30. The Balaban J connectivity index is 2.01. The lowest BCUT2D eigenvalue weighted by molar-refractivity contribution is 0.282. The van der Waals surface area contributed by atoms with Crippen molar-refractivity contribution in [3.05, 3.63) is 74.7 Å². The fourth-order valence-corrected chi connectivity index (χ4v) is 2.68. The van der Waals surface area contributed by atoms with Crippen LogP contribution in [-0.4, -0.2) is 14.7 Å². The highest BCUT2D eigenvalue weighted by Crippen LogP contribution is 2.18. The largest absolute Gasteiger partial charge is 0.392 e. The topological polar surface area (TPSA) is 55.1 Å². The number of halogens is 1. The Morgan fingerprint density at radius 3 is 2.52 bits per heavy atom. The molecule has 0 aliphatic carbocycles. The van der Waals surface area contributed by atoms with Gasteiger partial charge in [-0.2, -0.15) is 0 Å². The summed E-state index contributed by atoms with van der Waals surface area (Å²) < 4.78 is 2.40. The molecule has 0 amide bonds. The van der Waals surface area contributed by atoms with Crippen molar-refractivity contribution in [1.82, 2.24) is 9.55 Å². The molecule has 0 bridgehead atoms. The van der Waals surface area contributed by atoms with E-state index in [1.807, 2.05) is 36.4 Å². The molecule has 106 valence electrons. The Hall–Kier alpha value is -1.98. The van der Waals surface area contributed by atoms with E-state index in [0.717, 1.165) is 15.6 Å². The number of benzene rings is 2. The zero-order valence-corrected chi connectivity index (χ0v) is 12.7. The second-order valence-electron chi connectivity index (χ2n) is 4.79. The Morgan fingerprint density at radius 1 is 1.10 bits per heavy atom. The van der Waals surface area contributed by atoms with Gasteiger partial charge in [0.25, 0.3) is 5.56 Å². The van der Waals surface area contributed by atoms with Gasteiger partial charge in [-0.1, -0.05) is 30.3 Å². The van der Waals surface area contributed by atoms with Crippen molar-refractivity contribution in [2.45, 2.75) is 13.2 Å².